The zero-order valence-electron chi connectivity index (χ0n) is 13.3. The summed E-state index contributed by atoms with van der Waals surface area (Å²) in [6.45, 7) is 5.89. The van der Waals surface area contributed by atoms with Gasteiger partial charge in [-0.15, -0.1) is 0 Å². The van der Waals surface area contributed by atoms with Crippen molar-refractivity contribution in [3.05, 3.63) is 34.9 Å². The molecule has 0 saturated carbocycles. The molecule has 1 unspecified atom stereocenters. The molecule has 1 atom stereocenters. The van der Waals surface area contributed by atoms with Crippen molar-refractivity contribution in [2.75, 3.05) is 12.8 Å². The Balaban J connectivity index is 2.87. The summed E-state index contributed by atoms with van der Waals surface area (Å²) >= 11 is 5.87. The number of hydrogen-bond acceptors (Lipinski definition) is 3. The van der Waals surface area contributed by atoms with E-state index < -0.39 is 27.2 Å². The molecule has 1 aromatic carbocycles. The van der Waals surface area contributed by atoms with Gasteiger partial charge in [0.25, 0.3) is 0 Å². The Hall–Kier alpha value is -1.11. The number of hydrogen-bond donors (Lipinski definition) is 2. The van der Waals surface area contributed by atoms with E-state index in [1.807, 2.05) is 32.9 Å². The van der Waals surface area contributed by atoms with Crippen LogP contribution in [0.4, 0.5) is 0 Å². The lowest BCUT2D eigenvalue weighted by Gasteiger charge is -2.35. The van der Waals surface area contributed by atoms with Gasteiger partial charge in [-0.3, -0.25) is 4.79 Å². The molecule has 0 radical (unpaired) electrons. The number of sulfonamides is 1. The fourth-order valence-electron chi connectivity index (χ4n) is 2.02. The molecule has 0 spiro atoms. The zero-order valence-corrected chi connectivity index (χ0v) is 14.9. The SMILES string of the molecule is CNS(=O)(=O)CC(=O)NC(C)(Cc1ccc(Cl)cc1)C(C)C. The van der Waals surface area contributed by atoms with E-state index in [2.05, 4.69) is 10.0 Å². The van der Waals surface area contributed by atoms with Gasteiger partial charge in [0.15, 0.2) is 0 Å². The second-order valence-electron chi connectivity index (χ2n) is 5.89. The summed E-state index contributed by atoms with van der Waals surface area (Å²) in [5.74, 6) is -0.962. The molecule has 22 heavy (non-hydrogen) atoms. The molecule has 0 aromatic heterocycles. The van der Waals surface area contributed by atoms with E-state index in [0.717, 1.165) is 5.56 Å². The highest BCUT2D eigenvalue weighted by Crippen LogP contribution is 2.23. The quantitative estimate of drug-likeness (QED) is 0.792. The molecule has 0 heterocycles. The first-order valence-corrected chi connectivity index (χ1v) is 9.07. The average Bonchev–Trinajstić information content (AvgIpc) is 2.40. The van der Waals surface area contributed by atoms with Crippen molar-refractivity contribution in [2.24, 2.45) is 5.92 Å². The summed E-state index contributed by atoms with van der Waals surface area (Å²) < 4.78 is 25.1. The number of halogens is 1. The molecule has 7 heteroatoms. The van der Waals surface area contributed by atoms with Crippen LogP contribution in [0.15, 0.2) is 24.3 Å². The lowest BCUT2D eigenvalue weighted by Crippen LogP contribution is -2.53. The molecule has 2 N–H and O–H groups in total. The van der Waals surface area contributed by atoms with Crippen LogP contribution in [-0.2, 0) is 21.2 Å². The van der Waals surface area contributed by atoms with Gasteiger partial charge in [0.1, 0.15) is 5.75 Å². The molecular formula is C15H23ClN2O3S. The van der Waals surface area contributed by atoms with Gasteiger partial charge in [-0.05, 0) is 44.0 Å². The van der Waals surface area contributed by atoms with Crippen LogP contribution in [-0.4, -0.2) is 32.7 Å². The van der Waals surface area contributed by atoms with Crippen LogP contribution >= 0.6 is 11.6 Å². The van der Waals surface area contributed by atoms with Crippen LogP contribution in [0, 0.1) is 5.92 Å². The van der Waals surface area contributed by atoms with Crippen LogP contribution in [0.5, 0.6) is 0 Å². The monoisotopic (exact) mass is 346 g/mol. The smallest absolute Gasteiger partial charge is 0.237 e. The fraction of sp³-hybridized carbons (Fsp3) is 0.533. The van der Waals surface area contributed by atoms with Crippen molar-refractivity contribution in [3.63, 3.8) is 0 Å². The minimum Gasteiger partial charge on any atom is -0.349 e. The average molecular weight is 347 g/mol. The van der Waals surface area contributed by atoms with Gasteiger partial charge in [0.2, 0.25) is 15.9 Å². The number of carbonyl (C=O) groups is 1. The molecule has 124 valence electrons. The largest absolute Gasteiger partial charge is 0.349 e. The van der Waals surface area contributed by atoms with Crippen LogP contribution in [0.1, 0.15) is 26.3 Å². The first-order chi connectivity index (χ1) is 10.1. The molecular weight excluding hydrogens is 324 g/mol. The Morgan fingerprint density at radius 2 is 1.82 bits per heavy atom. The van der Waals surface area contributed by atoms with Gasteiger partial charge in [-0.1, -0.05) is 37.6 Å². The number of benzene rings is 1. The van der Waals surface area contributed by atoms with Gasteiger partial charge in [0.05, 0.1) is 0 Å². The molecule has 1 aromatic rings. The van der Waals surface area contributed by atoms with E-state index in [1.165, 1.54) is 7.05 Å². The van der Waals surface area contributed by atoms with Gasteiger partial charge in [-0.2, -0.15) is 0 Å². The molecule has 0 fully saturated rings. The zero-order chi connectivity index (χ0) is 17.0. The number of nitrogens with one attached hydrogen (secondary N) is 2. The first-order valence-electron chi connectivity index (χ1n) is 7.04. The maximum Gasteiger partial charge on any atom is 0.237 e. The molecule has 0 aliphatic carbocycles. The molecule has 0 saturated heterocycles. The maximum absolute atomic E-state index is 12.0. The third-order valence-corrected chi connectivity index (χ3v) is 5.33. The molecule has 0 aliphatic rings. The highest BCUT2D eigenvalue weighted by molar-refractivity contribution is 7.90. The van der Waals surface area contributed by atoms with Crippen LogP contribution in [0.25, 0.3) is 0 Å². The number of amides is 1. The summed E-state index contributed by atoms with van der Waals surface area (Å²) in [5.41, 5.74) is 0.478. The second kappa shape index (κ2) is 7.44. The van der Waals surface area contributed by atoms with E-state index in [-0.39, 0.29) is 5.92 Å². The van der Waals surface area contributed by atoms with Gasteiger partial charge in [0, 0.05) is 10.6 Å². The van der Waals surface area contributed by atoms with Gasteiger partial charge in [-0.25, -0.2) is 13.1 Å². The first kappa shape index (κ1) is 18.9. The summed E-state index contributed by atoms with van der Waals surface area (Å²) in [6.07, 6.45) is 0.590. The van der Waals surface area contributed by atoms with Crippen molar-refractivity contribution in [1.82, 2.24) is 10.0 Å². The Morgan fingerprint density at radius 1 is 1.27 bits per heavy atom. The summed E-state index contributed by atoms with van der Waals surface area (Å²) in [7, 11) is -2.29. The molecule has 1 rings (SSSR count). The predicted molar refractivity (Wildman–Crippen MR) is 89.4 cm³/mol. The minimum atomic E-state index is -3.57. The summed E-state index contributed by atoms with van der Waals surface area (Å²) in [6, 6.07) is 7.40. The highest BCUT2D eigenvalue weighted by Gasteiger charge is 2.31. The Bertz CT molecular complexity index is 614. The van der Waals surface area contributed by atoms with Gasteiger partial charge >= 0.3 is 0 Å². The highest BCUT2D eigenvalue weighted by atomic mass is 35.5. The van der Waals surface area contributed by atoms with Crippen molar-refractivity contribution < 1.29 is 13.2 Å². The fourth-order valence-corrected chi connectivity index (χ4v) is 2.71. The Labute approximate surface area is 137 Å². The second-order valence-corrected chi connectivity index (χ2v) is 8.25. The number of carbonyl (C=O) groups excluding carboxylic acids is 1. The Kier molecular flexibility index (Phi) is 6.40. The molecule has 5 nitrogen and oxygen atoms in total. The molecule has 0 bridgehead atoms. The van der Waals surface area contributed by atoms with Crippen molar-refractivity contribution in [2.45, 2.75) is 32.7 Å². The Morgan fingerprint density at radius 3 is 2.27 bits per heavy atom. The third kappa shape index (κ3) is 5.59. The van der Waals surface area contributed by atoms with Crippen LogP contribution < -0.4 is 10.0 Å². The summed E-state index contributed by atoms with van der Waals surface area (Å²) in [5, 5.41) is 3.51. The van der Waals surface area contributed by atoms with E-state index in [1.54, 1.807) is 12.1 Å². The lowest BCUT2D eigenvalue weighted by atomic mass is 9.82. The van der Waals surface area contributed by atoms with E-state index >= 15 is 0 Å². The van der Waals surface area contributed by atoms with Crippen molar-refractivity contribution >= 4 is 27.5 Å². The van der Waals surface area contributed by atoms with E-state index in [0.29, 0.717) is 11.4 Å². The predicted octanol–water partition coefficient (Wildman–Crippen LogP) is 1.96. The van der Waals surface area contributed by atoms with Gasteiger partial charge < -0.3 is 5.32 Å². The maximum atomic E-state index is 12.0. The van der Waals surface area contributed by atoms with E-state index in [9.17, 15) is 13.2 Å². The molecule has 1 amide bonds. The van der Waals surface area contributed by atoms with Crippen LogP contribution in [0.3, 0.4) is 0 Å². The summed E-state index contributed by atoms with van der Waals surface area (Å²) in [4.78, 5) is 12.0. The topological polar surface area (TPSA) is 75.3 Å². The van der Waals surface area contributed by atoms with Crippen LogP contribution in [0.2, 0.25) is 5.02 Å². The minimum absolute atomic E-state index is 0.129. The lowest BCUT2D eigenvalue weighted by molar-refractivity contribution is -0.120. The standard InChI is InChI=1S/C15H23ClN2O3S/c1-11(2)15(3,9-12-5-7-13(16)8-6-12)18-14(19)10-22(20,21)17-4/h5-8,11,17H,9-10H2,1-4H3,(H,18,19). The van der Waals surface area contributed by atoms with Crippen molar-refractivity contribution in [1.29, 1.82) is 0 Å². The van der Waals surface area contributed by atoms with Crippen molar-refractivity contribution in [3.8, 4) is 0 Å². The normalized spacial score (nSPS) is 14.6. The molecule has 0 aliphatic heterocycles. The third-order valence-electron chi connectivity index (χ3n) is 3.82. The van der Waals surface area contributed by atoms with E-state index in [4.69, 9.17) is 11.6 Å². The number of rotatable bonds is 7.